The van der Waals surface area contributed by atoms with E-state index in [4.69, 9.17) is 14.3 Å². The van der Waals surface area contributed by atoms with E-state index in [2.05, 4.69) is 24.1 Å². The van der Waals surface area contributed by atoms with Crippen LogP contribution in [-0.2, 0) is 4.74 Å². The molecule has 0 radical (unpaired) electrons. The molecular formula is C15H20N2O4. The summed E-state index contributed by atoms with van der Waals surface area (Å²) in [5.41, 5.74) is 1.33. The lowest BCUT2D eigenvalue weighted by molar-refractivity contribution is 0.0697. The Hall–Kier alpha value is -2.08. The van der Waals surface area contributed by atoms with Crippen LogP contribution in [-0.4, -0.2) is 36.3 Å². The normalized spacial score (nSPS) is 11.8. The Morgan fingerprint density at radius 2 is 2.24 bits per heavy atom. The smallest absolute Gasteiger partial charge is 0.335 e. The number of rotatable bonds is 7. The van der Waals surface area contributed by atoms with E-state index in [1.165, 1.54) is 12.1 Å². The molecular weight excluding hydrogens is 272 g/mol. The third kappa shape index (κ3) is 3.95. The molecule has 0 fully saturated rings. The van der Waals surface area contributed by atoms with Crippen molar-refractivity contribution in [3.05, 3.63) is 23.8 Å². The first kappa shape index (κ1) is 15.3. The molecule has 2 aromatic rings. The lowest BCUT2D eigenvalue weighted by Crippen LogP contribution is -2.24. The van der Waals surface area contributed by atoms with Gasteiger partial charge in [-0.25, -0.2) is 4.79 Å². The van der Waals surface area contributed by atoms with Gasteiger partial charge in [0.05, 0.1) is 5.56 Å². The second kappa shape index (κ2) is 6.13. The lowest BCUT2D eigenvalue weighted by atomic mass is 9.90. The van der Waals surface area contributed by atoms with Crippen LogP contribution in [0.15, 0.2) is 22.6 Å². The average molecular weight is 292 g/mol. The van der Waals surface area contributed by atoms with Crippen molar-refractivity contribution in [3.8, 4) is 0 Å². The minimum absolute atomic E-state index is 0.0445. The second-order valence-electron chi connectivity index (χ2n) is 5.77. The SMILES string of the molecule is COCCC(C)(C)CNc1nc2ccc(C(=O)O)cc2o1. The second-order valence-corrected chi connectivity index (χ2v) is 5.77. The minimum atomic E-state index is -0.983. The fraction of sp³-hybridized carbons (Fsp3) is 0.467. The maximum absolute atomic E-state index is 10.9. The summed E-state index contributed by atoms with van der Waals surface area (Å²) in [7, 11) is 1.68. The van der Waals surface area contributed by atoms with Gasteiger partial charge in [-0.3, -0.25) is 0 Å². The summed E-state index contributed by atoms with van der Waals surface area (Å²) in [5.74, 6) is -0.983. The van der Waals surface area contributed by atoms with Gasteiger partial charge in [-0.15, -0.1) is 0 Å². The van der Waals surface area contributed by atoms with Crippen LogP contribution in [0, 0.1) is 5.41 Å². The molecule has 0 saturated heterocycles. The Bertz CT molecular complexity index is 634. The van der Waals surface area contributed by atoms with E-state index in [0.717, 1.165) is 6.42 Å². The van der Waals surface area contributed by atoms with E-state index >= 15 is 0 Å². The quantitative estimate of drug-likeness (QED) is 0.816. The number of hydrogen-bond donors (Lipinski definition) is 2. The standard InChI is InChI=1S/C15H20N2O4/c1-15(2,6-7-20-3)9-16-14-17-11-5-4-10(13(18)19)8-12(11)21-14/h4-5,8H,6-7,9H2,1-3H3,(H,16,17)(H,18,19). The first-order chi connectivity index (χ1) is 9.91. The van der Waals surface area contributed by atoms with Crippen LogP contribution in [0.2, 0.25) is 0 Å². The molecule has 21 heavy (non-hydrogen) atoms. The van der Waals surface area contributed by atoms with E-state index in [9.17, 15) is 4.79 Å². The third-order valence-corrected chi connectivity index (χ3v) is 3.34. The van der Waals surface area contributed by atoms with Gasteiger partial charge < -0.3 is 19.6 Å². The predicted octanol–water partition coefficient (Wildman–Crippen LogP) is 3.00. The van der Waals surface area contributed by atoms with Gasteiger partial charge in [-0.1, -0.05) is 13.8 Å². The molecule has 0 atom stereocenters. The molecule has 0 aliphatic rings. The molecule has 0 amide bonds. The van der Waals surface area contributed by atoms with Gasteiger partial charge in [0, 0.05) is 20.3 Å². The van der Waals surface area contributed by atoms with Gasteiger partial charge in [0.2, 0.25) is 0 Å². The van der Waals surface area contributed by atoms with Gasteiger partial charge >= 0.3 is 5.97 Å². The highest BCUT2D eigenvalue weighted by Gasteiger charge is 2.18. The van der Waals surface area contributed by atoms with Crippen LogP contribution >= 0.6 is 0 Å². The van der Waals surface area contributed by atoms with Gasteiger partial charge in [-0.05, 0) is 30.0 Å². The van der Waals surface area contributed by atoms with Crippen molar-refractivity contribution in [1.29, 1.82) is 0 Å². The van der Waals surface area contributed by atoms with Crippen molar-refractivity contribution >= 4 is 23.1 Å². The zero-order valence-corrected chi connectivity index (χ0v) is 12.5. The van der Waals surface area contributed by atoms with E-state index in [1.807, 2.05) is 0 Å². The summed E-state index contributed by atoms with van der Waals surface area (Å²) >= 11 is 0. The average Bonchev–Trinajstić information content (AvgIpc) is 2.85. The summed E-state index contributed by atoms with van der Waals surface area (Å²) in [6.07, 6.45) is 0.917. The lowest BCUT2D eigenvalue weighted by Gasteiger charge is -2.23. The molecule has 0 aliphatic carbocycles. The summed E-state index contributed by atoms with van der Waals surface area (Å²) in [6, 6.07) is 5.03. The zero-order valence-electron chi connectivity index (χ0n) is 12.5. The van der Waals surface area contributed by atoms with Gasteiger partial charge in [0.15, 0.2) is 5.58 Å². The number of ether oxygens (including phenoxy) is 1. The topological polar surface area (TPSA) is 84.6 Å². The molecule has 1 heterocycles. The molecule has 1 aromatic carbocycles. The van der Waals surface area contributed by atoms with Crippen molar-refractivity contribution in [2.75, 3.05) is 25.6 Å². The monoisotopic (exact) mass is 292 g/mol. The van der Waals surface area contributed by atoms with Crippen molar-refractivity contribution in [3.63, 3.8) is 0 Å². The molecule has 0 saturated carbocycles. The molecule has 0 unspecified atom stereocenters. The van der Waals surface area contributed by atoms with Crippen LogP contribution in [0.5, 0.6) is 0 Å². The summed E-state index contributed by atoms with van der Waals surface area (Å²) in [6.45, 7) is 5.65. The zero-order chi connectivity index (χ0) is 15.5. The molecule has 6 nitrogen and oxygen atoms in total. The fourth-order valence-electron chi connectivity index (χ4n) is 1.91. The Balaban J connectivity index is 2.07. The maximum atomic E-state index is 10.9. The van der Waals surface area contributed by atoms with Crippen molar-refractivity contribution in [2.24, 2.45) is 5.41 Å². The Morgan fingerprint density at radius 3 is 2.90 bits per heavy atom. The number of anilines is 1. The number of carboxylic acid groups (broad SMARTS) is 1. The van der Waals surface area contributed by atoms with Crippen LogP contribution in [0.4, 0.5) is 6.01 Å². The predicted molar refractivity (Wildman–Crippen MR) is 79.7 cm³/mol. The highest BCUT2D eigenvalue weighted by molar-refractivity contribution is 5.92. The van der Waals surface area contributed by atoms with E-state index in [0.29, 0.717) is 30.3 Å². The molecule has 1 aromatic heterocycles. The number of benzene rings is 1. The summed E-state index contributed by atoms with van der Waals surface area (Å²) in [4.78, 5) is 15.2. The maximum Gasteiger partial charge on any atom is 0.335 e. The fourth-order valence-corrected chi connectivity index (χ4v) is 1.91. The van der Waals surface area contributed by atoms with E-state index in [1.54, 1.807) is 13.2 Å². The minimum Gasteiger partial charge on any atom is -0.478 e. The van der Waals surface area contributed by atoms with E-state index in [-0.39, 0.29) is 11.0 Å². The van der Waals surface area contributed by atoms with Crippen LogP contribution < -0.4 is 5.32 Å². The first-order valence-electron chi connectivity index (χ1n) is 6.78. The molecule has 0 spiro atoms. The molecule has 2 N–H and O–H groups in total. The first-order valence-corrected chi connectivity index (χ1v) is 6.78. The summed E-state index contributed by atoms with van der Waals surface area (Å²) < 4.78 is 10.6. The number of carbonyl (C=O) groups is 1. The number of nitrogens with one attached hydrogen (secondary N) is 1. The molecule has 2 rings (SSSR count). The summed E-state index contributed by atoms with van der Waals surface area (Å²) in [5, 5.41) is 12.1. The molecule has 0 bridgehead atoms. The number of nitrogens with zero attached hydrogens (tertiary/aromatic N) is 1. The molecule has 114 valence electrons. The number of aromatic carboxylic acids is 1. The molecule has 6 heteroatoms. The number of carboxylic acids is 1. The number of oxazole rings is 1. The Morgan fingerprint density at radius 1 is 1.48 bits per heavy atom. The Kier molecular flexibility index (Phi) is 4.47. The number of methoxy groups -OCH3 is 1. The van der Waals surface area contributed by atoms with Gasteiger partial charge in [-0.2, -0.15) is 4.98 Å². The third-order valence-electron chi connectivity index (χ3n) is 3.34. The van der Waals surface area contributed by atoms with Crippen LogP contribution in [0.1, 0.15) is 30.6 Å². The van der Waals surface area contributed by atoms with Crippen molar-refractivity contribution in [2.45, 2.75) is 20.3 Å². The van der Waals surface area contributed by atoms with Crippen molar-refractivity contribution in [1.82, 2.24) is 4.98 Å². The van der Waals surface area contributed by atoms with Crippen molar-refractivity contribution < 1.29 is 19.1 Å². The van der Waals surface area contributed by atoms with Gasteiger partial charge in [0.25, 0.3) is 6.01 Å². The van der Waals surface area contributed by atoms with Crippen LogP contribution in [0.25, 0.3) is 11.1 Å². The largest absolute Gasteiger partial charge is 0.478 e. The van der Waals surface area contributed by atoms with Crippen LogP contribution in [0.3, 0.4) is 0 Å². The number of hydrogen-bond acceptors (Lipinski definition) is 5. The number of fused-ring (bicyclic) bond motifs is 1. The highest BCUT2D eigenvalue weighted by atomic mass is 16.5. The van der Waals surface area contributed by atoms with E-state index < -0.39 is 5.97 Å². The molecule has 0 aliphatic heterocycles. The highest BCUT2D eigenvalue weighted by Crippen LogP contribution is 2.24. The Labute approximate surface area is 123 Å². The van der Waals surface area contributed by atoms with Gasteiger partial charge in [0.1, 0.15) is 5.52 Å². The number of aromatic nitrogens is 1.